The van der Waals surface area contributed by atoms with Gasteiger partial charge in [0.05, 0.1) is 0 Å². The van der Waals surface area contributed by atoms with Gasteiger partial charge < -0.3 is 4.74 Å². The highest BCUT2D eigenvalue weighted by molar-refractivity contribution is 7.92. The van der Waals surface area contributed by atoms with Gasteiger partial charge in [-0.2, -0.15) is 0 Å². The first-order chi connectivity index (χ1) is 13.0. The van der Waals surface area contributed by atoms with Gasteiger partial charge in [-0.25, -0.2) is 8.42 Å². The number of hydrogen-bond donors (Lipinski definition) is 0. The number of benzene rings is 1. The predicted octanol–water partition coefficient (Wildman–Crippen LogP) is 2.64. The molecule has 0 N–H and O–H groups in total. The monoisotopic (exact) mass is 405 g/mol. The Kier molecular flexibility index (Phi) is 4.02. The van der Waals surface area contributed by atoms with E-state index in [1.54, 1.807) is 24.3 Å². The normalized spacial score (nSPS) is 35.7. The molecule has 0 aromatic heterocycles. The molecule has 1 aromatic rings. The van der Waals surface area contributed by atoms with E-state index in [1.807, 2.05) is 19.9 Å². The van der Waals surface area contributed by atoms with E-state index in [-0.39, 0.29) is 11.2 Å². The minimum absolute atomic E-state index is 0.137. The van der Waals surface area contributed by atoms with Gasteiger partial charge in [-0.3, -0.25) is 14.9 Å². The smallest absolute Gasteiger partial charge is 0.266 e. The van der Waals surface area contributed by atoms with Crippen LogP contribution < -0.4 is 0 Å². The molecule has 1 aliphatic carbocycles. The van der Waals surface area contributed by atoms with Gasteiger partial charge in [-0.1, -0.05) is 44.2 Å². The molecule has 1 fully saturated rings. The average molecular weight is 405 g/mol. The molecule has 0 bridgehead atoms. The first kappa shape index (κ1) is 19.1. The maximum absolute atomic E-state index is 13.1. The molecule has 150 valence electrons. The van der Waals surface area contributed by atoms with Crippen LogP contribution in [0.3, 0.4) is 0 Å². The van der Waals surface area contributed by atoms with Crippen molar-refractivity contribution in [2.24, 2.45) is 5.41 Å². The lowest BCUT2D eigenvalue weighted by atomic mass is 9.68. The molecule has 0 spiro atoms. The van der Waals surface area contributed by atoms with Gasteiger partial charge in [-0.05, 0) is 17.9 Å². The fraction of sp³-hybridized carbons (Fsp3) is 0.550. The quantitative estimate of drug-likeness (QED) is 0.553. The maximum atomic E-state index is 13.1. The lowest BCUT2D eigenvalue weighted by Crippen LogP contribution is -2.56. The number of allylic oxidation sites excluding steroid dienone is 2. The number of carbonyl (C=O) groups is 1. The lowest BCUT2D eigenvalue weighted by molar-refractivity contribution is -0.537. The van der Waals surface area contributed by atoms with Crippen LogP contribution in [0, 0.1) is 15.5 Å². The van der Waals surface area contributed by atoms with Crippen molar-refractivity contribution >= 4 is 15.6 Å². The number of ketones is 1. The zero-order chi connectivity index (χ0) is 20.5. The summed E-state index contributed by atoms with van der Waals surface area (Å²) in [6, 6.07) is 7.57. The molecule has 1 aromatic carbocycles. The van der Waals surface area contributed by atoms with Gasteiger partial charge in [-0.15, -0.1) is 0 Å². The van der Waals surface area contributed by atoms with Crippen LogP contribution in [0.4, 0.5) is 0 Å². The van der Waals surface area contributed by atoms with Crippen molar-refractivity contribution in [3.05, 3.63) is 57.3 Å². The molecule has 7 nitrogen and oxygen atoms in total. The van der Waals surface area contributed by atoms with Crippen LogP contribution in [-0.2, 0) is 19.4 Å². The fourth-order valence-electron chi connectivity index (χ4n) is 5.10. The van der Waals surface area contributed by atoms with E-state index in [2.05, 4.69) is 0 Å². The topological polar surface area (TPSA) is 104 Å². The summed E-state index contributed by atoms with van der Waals surface area (Å²) in [6.45, 7) is 5.40. The molecule has 2 aliphatic heterocycles. The third-order valence-corrected chi connectivity index (χ3v) is 8.55. The lowest BCUT2D eigenvalue weighted by Gasteiger charge is -2.46. The van der Waals surface area contributed by atoms with E-state index >= 15 is 0 Å². The van der Waals surface area contributed by atoms with Gasteiger partial charge in [0.15, 0.2) is 21.2 Å². The Bertz CT molecular complexity index is 997. The van der Waals surface area contributed by atoms with Crippen LogP contribution in [0.15, 0.2) is 41.7 Å². The number of fused-ring (bicyclic) bond motifs is 1. The number of sulfone groups is 1. The molecule has 1 saturated heterocycles. The SMILES string of the molecule is CC1(C)CC(=O)C2=C(C1)O[C@@]1(C)[C@@H]([C@H]2c2ccccc2)S(=O)(=O)C[C@H]1[N+](=O)[O-]. The molecule has 4 atom stereocenters. The summed E-state index contributed by atoms with van der Waals surface area (Å²) in [6.07, 6.45) is 0.741. The van der Waals surface area contributed by atoms with Gasteiger partial charge in [0.25, 0.3) is 6.04 Å². The van der Waals surface area contributed by atoms with Crippen molar-refractivity contribution in [3.63, 3.8) is 0 Å². The Balaban J connectivity index is 1.99. The highest BCUT2D eigenvalue weighted by atomic mass is 32.2. The Labute approximate surface area is 163 Å². The molecule has 0 radical (unpaired) electrons. The van der Waals surface area contributed by atoms with Crippen molar-refractivity contribution in [1.82, 2.24) is 0 Å². The molecule has 0 unspecified atom stereocenters. The van der Waals surface area contributed by atoms with Crippen LogP contribution >= 0.6 is 0 Å². The zero-order valence-corrected chi connectivity index (χ0v) is 16.9. The second-order valence-corrected chi connectivity index (χ2v) is 11.2. The predicted molar refractivity (Wildman–Crippen MR) is 102 cm³/mol. The summed E-state index contributed by atoms with van der Waals surface area (Å²) >= 11 is 0. The van der Waals surface area contributed by atoms with Crippen molar-refractivity contribution in [2.45, 2.75) is 56.4 Å². The van der Waals surface area contributed by atoms with Crippen molar-refractivity contribution < 1.29 is 22.9 Å². The summed E-state index contributed by atoms with van der Waals surface area (Å²) in [5, 5.41) is 10.6. The molecule has 2 heterocycles. The van der Waals surface area contributed by atoms with Gasteiger partial charge >= 0.3 is 0 Å². The number of ether oxygens (including phenoxy) is 1. The summed E-state index contributed by atoms with van der Waals surface area (Å²) in [5.74, 6) is -1.06. The highest BCUT2D eigenvalue weighted by Gasteiger charge is 2.70. The third kappa shape index (κ3) is 2.69. The van der Waals surface area contributed by atoms with E-state index in [0.717, 1.165) is 0 Å². The number of Topliss-reactive ketones (excluding diaryl/α,β-unsaturated/α-hetero) is 1. The van der Waals surface area contributed by atoms with Crippen molar-refractivity contribution in [2.75, 3.05) is 5.75 Å². The first-order valence-corrected chi connectivity index (χ1v) is 11.0. The summed E-state index contributed by atoms with van der Waals surface area (Å²) in [7, 11) is -3.85. The Morgan fingerprint density at radius 3 is 2.39 bits per heavy atom. The number of nitro groups is 1. The minimum atomic E-state index is -3.85. The van der Waals surface area contributed by atoms with Crippen LogP contribution in [0.25, 0.3) is 0 Å². The van der Waals surface area contributed by atoms with E-state index < -0.39 is 43.3 Å². The molecular formula is C20H23NO6S. The Hall–Kier alpha value is -2.22. The standard InChI is InChI=1S/C20H23NO6S/c1-19(2)9-13(22)17-14(10-19)27-20(3)15(21(23)24)11-28(25,26)18(20)16(17)12-7-5-4-6-8-12/h4-8,15-16,18H,9-11H2,1-3H3/t15-,16+,18-,20-/m1/s1. The Morgan fingerprint density at radius 2 is 1.79 bits per heavy atom. The average Bonchev–Trinajstić information content (AvgIpc) is 2.79. The highest BCUT2D eigenvalue weighted by Crippen LogP contribution is 2.55. The fourth-order valence-corrected chi connectivity index (χ4v) is 7.83. The van der Waals surface area contributed by atoms with Crippen molar-refractivity contribution in [3.8, 4) is 0 Å². The largest absolute Gasteiger partial charge is 0.483 e. The first-order valence-electron chi connectivity index (χ1n) is 9.31. The molecule has 0 saturated carbocycles. The molecular weight excluding hydrogens is 382 g/mol. The maximum Gasteiger partial charge on any atom is 0.266 e. The second kappa shape index (κ2) is 5.89. The Morgan fingerprint density at radius 1 is 1.14 bits per heavy atom. The number of nitrogens with zero attached hydrogens (tertiary/aromatic N) is 1. The van der Waals surface area contributed by atoms with E-state index in [4.69, 9.17) is 4.74 Å². The third-order valence-electron chi connectivity index (χ3n) is 6.25. The summed E-state index contributed by atoms with van der Waals surface area (Å²) < 4.78 is 32.3. The molecule has 28 heavy (non-hydrogen) atoms. The molecule has 3 aliphatic rings. The molecule has 8 heteroatoms. The number of carbonyl (C=O) groups excluding carboxylic acids is 1. The molecule has 4 rings (SSSR count). The van der Waals surface area contributed by atoms with Crippen LogP contribution in [0.1, 0.15) is 45.1 Å². The van der Waals surface area contributed by atoms with Gasteiger partial charge in [0.1, 0.15) is 16.8 Å². The zero-order valence-electron chi connectivity index (χ0n) is 16.0. The van der Waals surface area contributed by atoms with Gasteiger partial charge in [0.2, 0.25) is 0 Å². The van der Waals surface area contributed by atoms with Gasteiger partial charge in [0, 0.05) is 29.3 Å². The number of hydrogen-bond acceptors (Lipinski definition) is 6. The minimum Gasteiger partial charge on any atom is -0.483 e. The van der Waals surface area contributed by atoms with Crippen LogP contribution in [0.2, 0.25) is 0 Å². The van der Waals surface area contributed by atoms with Crippen molar-refractivity contribution in [1.29, 1.82) is 0 Å². The van der Waals surface area contributed by atoms with Crippen LogP contribution in [0.5, 0.6) is 0 Å². The molecule has 0 amide bonds. The summed E-state index contributed by atoms with van der Waals surface area (Å²) in [4.78, 5) is 24.2. The van der Waals surface area contributed by atoms with Crippen LogP contribution in [-0.4, -0.2) is 41.8 Å². The van der Waals surface area contributed by atoms with E-state index in [0.29, 0.717) is 29.7 Å². The second-order valence-electron chi connectivity index (χ2n) is 9.00. The van der Waals surface area contributed by atoms with E-state index in [1.165, 1.54) is 6.92 Å². The number of rotatable bonds is 2. The summed E-state index contributed by atoms with van der Waals surface area (Å²) in [5.41, 5.74) is -0.812. The van der Waals surface area contributed by atoms with E-state index in [9.17, 15) is 23.3 Å².